The number of hydrogen-bond donors (Lipinski definition) is 3. The predicted molar refractivity (Wildman–Crippen MR) is 195 cm³/mol. The van der Waals surface area contributed by atoms with Gasteiger partial charge in [-0.3, -0.25) is 14.4 Å². The molecule has 0 bridgehead atoms. The zero-order valence-corrected chi connectivity index (χ0v) is 29.6. The Kier molecular flexibility index (Phi) is 10.7. The first-order chi connectivity index (χ1) is 24.6. The molecule has 0 saturated heterocycles. The number of carbonyl (C=O) groups excluding carboxylic acids is 4. The fraction of sp³-hybridized carbons (Fsp3) is 0.368. The third-order valence-electron chi connectivity index (χ3n) is 9.69. The number of fused-ring (bicyclic) bond motifs is 1. The molecule has 0 aliphatic heterocycles. The van der Waals surface area contributed by atoms with Crippen molar-refractivity contribution in [3.8, 4) is 17.3 Å². The highest BCUT2D eigenvalue weighted by molar-refractivity contribution is 6.30. The van der Waals surface area contributed by atoms with Crippen LogP contribution in [0.4, 0.5) is 5.69 Å². The van der Waals surface area contributed by atoms with E-state index >= 15 is 0 Å². The van der Waals surface area contributed by atoms with E-state index in [1.54, 1.807) is 30.6 Å². The molecule has 6 rings (SSSR count). The molecular formula is C38H41ClN6O6. The van der Waals surface area contributed by atoms with Crippen LogP contribution in [0, 0.1) is 0 Å². The fourth-order valence-electron chi connectivity index (χ4n) is 6.86. The van der Waals surface area contributed by atoms with Crippen molar-refractivity contribution < 1.29 is 28.7 Å². The molecule has 2 aliphatic rings. The van der Waals surface area contributed by atoms with Crippen LogP contribution in [0.2, 0.25) is 5.02 Å². The summed E-state index contributed by atoms with van der Waals surface area (Å²) in [6.07, 6.45) is 12.2. The summed E-state index contributed by atoms with van der Waals surface area (Å²) in [7, 11) is 3.42. The highest BCUT2D eigenvalue weighted by atomic mass is 35.5. The molecule has 2 heterocycles. The first-order valence-corrected chi connectivity index (χ1v) is 17.6. The molecule has 13 heteroatoms. The normalized spacial score (nSPS) is 15.4. The fourth-order valence-corrected chi connectivity index (χ4v) is 6.96. The minimum atomic E-state index is -1.07. The number of halogens is 1. The van der Waals surface area contributed by atoms with E-state index in [2.05, 4.69) is 30.5 Å². The monoisotopic (exact) mass is 712 g/mol. The van der Waals surface area contributed by atoms with Gasteiger partial charge in [-0.05, 0) is 80.9 Å². The van der Waals surface area contributed by atoms with E-state index in [-0.39, 0.29) is 18.4 Å². The number of nitrogens with one attached hydrogen (secondary N) is 3. The molecule has 2 aliphatic carbocycles. The van der Waals surface area contributed by atoms with Gasteiger partial charge in [0.2, 0.25) is 5.91 Å². The lowest BCUT2D eigenvalue weighted by molar-refractivity contribution is -0.143. The largest absolute Gasteiger partial charge is 0.493 e. The molecule has 2 aromatic heterocycles. The number of anilines is 1. The Morgan fingerprint density at radius 1 is 1.04 bits per heavy atom. The third-order valence-corrected chi connectivity index (χ3v) is 9.88. The van der Waals surface area contributed by atoms with Crippen LogP contribution < -0.4 is 20.7 Å². The number of esters is 1. The Morgan fingerprint density at radius 3 is 2.45 bits per heavy atom. The number of carbonyl (C=O) groups is 4. The summed E-state index contributed by atoms with van der Waals surface area (Å²) in [5.41, 5.74) is 3.45. The zero-order chi connectivity index (χ0) is 36.1. The number of amides is 3. The van der Waals surface area contributed by atoms with E-state index in [4.69, 9.17) is 21.1 Å². The number of aromatic nitrogens is 3. The van der Waals surface area contributed by atoms with Crippen molar-refractivity contribution in [2.75, 3.05) is 25.6 Å². The van der Waals surface area contributed by atoms with Crippen molar-refractivity contribution in [1.82, 2.24) is 25.2 Å². The lowest BCUT2D eigenvalue weighted by Gasteiger charge is -2.40. The van der Waals surface area contributed by atoms with Crippen LogP contribution >= 0.6 is 11.6 Å². The van der Waals surface area contributed by atoms with Crippen LogP contribution in [0.1, 0.15) is 79.3 Å². The van der Waals surface area contributed by atoms with E-state index in [1.165, 1.54) is 37.6 Å². The standard InChI is InChI=1S/C38H41ClN6O6/c1-4-50-30-19-27(13-10-23(30)12-15-32(47)51-22-31(46)40-2)43-37(49)38(16-7-17-38)44-36(48)25-11-14-28-29(18-25)45(3)34(33(28)24-8-5-6-9-24)35-41-20-26(39)21-42-35/h10-15,18-21,24H,4-9,16-17,22H2,1-3H3,(H,40,46)(H,43,49)(H,44,48)/b15-12+. The molecule has 4 aromatic rings. The molecule has 266 valence electrons. The Morgan fingerprint density at radius 2 is 1.78 bits per heavy atom. The summed E-state index contributed by atoms with van der Waals surface area (Å²) < 4.78 is 12.7. The number of likely N-dealkylation sites (N-methyl/N-ethyl adjacent to an activating group) is 1. The van der Waals surface area contributed by atoms with Crippen molar-refractivity contribution in [2.24, 2.45) is 7.05 Å². The lowest BCUT2D eigenvalue weighted by atomic mass is 9.75. The van der Waals surface area contributed by atoms with E-state index < -0.39 is 17.4 Å². The Bertz CT molecular complexity index is 2000. The zero-order valence-electron chi connectivity index (χ0n) is 28.9. The van der Waals surface area contributed by atoms with Crippen molar-refractivity contribution in [3.05, 3.63) is 76.6 Å². The minimum Gasteiger partial charge on any atom is -0.493 e. The molecule has 12 nitrogen and oxygen atoms in total. The summed E-state index contributed by atoms with van der Waals surface area (Å²) in [5, 5.41) is 9.91. The Hall–Kier alpha value is -5.23. The van der Waals surface area contributed by atoms with Gasteiger partial charge in [0.15, 0.2) is 12.4 Å². The van der Waals surface area contributed by atoms with Gasteiger partial charge in [-0.1, -0.05) is 30.5 Å². The second-order valence-corrected chi connectivity index (χ2v) is 13.3. The first kappa shape index (κ1) is 35.6. The molecule has 2 fully saturated rings. The van der Waals surface area contributed by atoms with E-state index in [0.29, 0.717) is 58.8 Å². The molecule has 0 radical (unpaired) electrons. The lowest BCUT2D eigenvalue weighted by Crippen LogP contribution is -2.61. The minimum absolute atomic E-state index is 0.323. The smallest absolute Gasteiger partial charge is 0.331 e. The summed E-state index contributed by atoms with van der Waals surface area (Å²) in [6, 6.07) is 10.8. The maximum Gasteiger partial charge on any atom is 0.331 e. The van der Waals surface area contributed by atoms with Crippen LogP contribution in [0.5, 0.6) is 5.75 Å². The summed E-state index contributed by atoms with van der Waals surface area (Å²) >= 11 is 6.11. The average molecular weight is 713 g/mol. The molecule has 2 aromatic carbocycles. The van der Waals surface area contributed by atoms with Gasteiger partial charge in [0.1, 0.15) is 11.3 Å². The summed E-state index contributed by atoms with van der Waals surface area (Å²) in [5.74, 6) is -0.361. The first-order valence-electron chi connectivity index (χ1n) is 17.2. The number of hydrogen-bond acceptors (Lipinski definition) is 8. The number of ether oxygens (including phenoxy) is 2. The highest BCUT2D eigenvalue weighted by Gasteiger charge is 2.45. The summed E-state index contributed by atoms with van der Waals surface area (Å²) in [4.78, 5) is 60.0. The number of aryl methyl sites for hydroxylation is 1. The van der Waals surface area contributed by atoms with Gasteiger partial charge in [-0.2, -0.15) is 0 Å². The van der Waals surface area contributed by atoms with Gasteiger partial charge in [0.05, 0.1) is 17.3 Å². The van der Waals surface area contributed by atoms with Gasteiger partial charge in [0, 0.05) is 66.3 Å². The van der Waals surface area contributed by atoms with Crippen molar-refractivity contribution in [2.45, 2.75) is 63.3 Å². The van der Waals surface area contributed by atoms with Gasteiger partial charge >= 0.3 is 5.97 Å². The van der Waals surface area contributed by atoms with Crippen LogP contribution in [0.25, 0.3) is 28.5 Å². The topological polar surface area (TPSA) is 154 Å². The molecule has 3 N–H and O–H groups in total. The van der Waals surface area contributed by atoms with Crippen molar-refractivity contribution >= 4 is 58.0 Å². The van der Waals surface area contributed by atoms with Crippen molar-refractivity contribution in [3.63, 3.8) is 0 Å². The number of nitrogens with zero attached hydrogens (tertiary/aromatic N) is 3. The molecule has 2 saturated carbocycles. The third kappa shape index (κ3) is 7.61. The van der Waals surface area contributed by atoms with Crippen molar-refractivity contribution in [1.29, 1.82) is 0 Å². The Labute approximate surface area is 301 Å². The SMILES string of the molecule is CCOc1cc(NC(=O)C2(NC(=O)c3ccc4c(C5CCCC5)c(-c5ncc(Cl)cn5)n(C)c4c3)CCC2)ccc1/C=C/C(=O)OCC(=O)NC. The highest BCUT2D eigenvalue weighted by Crippen LogP contribution is 2.44. The second kappa shape index (κ2) is 15.3. The van der Waals surface area contributed by atoms with Gasteiger partial charge in [-0.25, -0.2) is 14.8 Å². The van der Waals surface area contributed by atoms with E-state index in [9.17, 15) is 19.2 Å². The maximum atomic E-state index is 13.8. The maximum absolute atomic E-state index is 13.8. The van der Waals surface area contributed by atoms with Gasteiger partial charge in [-0.15, -0.1) is 0 Å². The van der Waals surface area contributed by atoms with Crippen LogP contribution in [-0.4, -0.2) is 64.0 Å². The molecule has 0 atom stereocenters. The summed E-state index contributed by atoms with van der Waals surface area (Å²) in [6.45, 7) is 1.79. The van der Waals surface area contributed by atoms with E-state index in [1.807, 2.05) is 32.2 Å². The Balaban J connectivity index is 1.20. The molecule has 3 amide bonds. The quantitative estimate of drug-likeness (QED) is 0.121. The van der Waals surface area contributed by atoms with Gasteiger partial charge < -0.3 is 30.0 Å². The molecule has 51 heavy (non-hydrogen) atoms. The number of rotatable bonds is 12. The van der Waals surface area contributed by atoms with Crippen LogP contribution in [-0.2, 0) is 26.2 Å². The van der Waals surface area contributed by atoms with E-state index in [0.717, 1.165) is 35.9 Å². The second-order valence-electron chi connectivity index (χ2n) is 12.9. The van der Waals surface area contributed by atoms with Crippen LogP contribution in [0.15, 0.2) is 54.9 Å². The van der Waals surface area contributed by atoms with Gasteiger partial charge in [0.25, 0.3) is 11.8 Å². The molecular weight excluding hydrogens is 672 g/mol. The number of benzene rings is 2. The van der Waals surface area contributed by atoms with Crippen LogP contribution in [0.3, 0.4) is 0 Å². The molecule has 0 spiro atoms. The predicted octanol–water partition coefficient (Wildman–Crippen LogP) is 5.94. The average Bonchev–Trinajstić information content (AvgIpc) is 3.74. The molecule has 0 unspecified atom stereocenters.